The molecule has 1 saturated heterocycles. The number of carbonyl (C=O) groups excluding carboxylic acids is 2. The second kappa shape index (κ2) is 13.2. The fraction of sp³-hybridized carbons (Fsp3) is 0.346. The third-order valence-electron chi connectivity index (χ3n) is 6.11. The molecule has 37 heavy (non-hydrogen) atoms. The summed E-state index contributed by atoms with van der Waals surface area (Å²) in [4.78, 5) is 25.3. The van der Waals surface area contributed by atoms with Gasteiger partial charge in [0.1, 0.15) is 11.6 Å². The minimum absolute atomic E-state index is 0.220. The van der Waals surface area contributed by atoms with Crippen molar-refractivity contribution in [1.29, 1.82) is 0 Å². The Morgan fingerprint density at radius 1 is 1.24 bits per heavy atom. The summed E-state index contributed by atoms with van der Waals surface area (Å²) in [7, 11) is 3.23. The van der Waals surface area contributed by atoms with Crippen LogP contribution in [0.25, 0.3) is 5.69 Å². The maximum absolute atomic E-state index is 13.1. The first kappa shape index (κ1) is 28.1. The molecule has 4 rings (SSSR count). The predicted octanol–water partition coefficient (Wildman–Crippen LogP) is 3.95. The number of aromatic nitrogens is 2. The van der Waals surface area contributed by atoms with Crippen LogP contribution in [0, 0.1) is 12.7 Å². The Kier molecular flexibility index (Phi) is 10.0. The number of hydrogen-bond donors (Lipinski definition) is 3. The van der Waals surface area contributed by atoms with Crippen molar-refractivity contribution >= 4 is 29.4 Å². The van der Waals surface area contributed by atoms with Crippen LogP contribution in [0.15, 0.2) is 48.5 Å². The summed E-state index contributed by atoms with van der Waals surface area (Å²) in [6, 6.07) is 13.5. The molecule has 0 radical (unpaired) electrons. The molecule has 0 spiro atoms. The van der Waals surface area contributed by atoms with E-state index in [9.17, 15) is 14.0 Å². The number of ether oxygens (including phenoxy) is 1. The number of anilines is 1. The van der Waals surface area contributed by atoms with Crippen molar-refractivity contribution < 1.29 is 18.7 Å². The standard InChI is InChI=1S/C13H17ClFNO.C13H15N5O2/c1-17-7-6-16-5-4-11(9-16)10-2-3-13(15)12(14)8-10;1-8-10(12(19)15-2)17-18(11(8)16-13(14)20)9-6-4-3-5-7-9/h2-3,8,11H,4-7,9H2,1H3;3-7H,1-2H3,(H,15,19)(H3,14,16,20). The van der Waals surface area contributed by atoms with Gasteiger partial charge in [-0.1, -0.05) is 35.9 Å². The maximum atomic E-state index is 13.1. The molecule has 3 aromatic rings. The van der Waals surface area contributed by atoms with Crippen molar-refractivity contribution in [2.45, 2.75) is 19.3 Å². The van der Waals surface area contributed by atoms with Crippen molar-refractivity contribution in [3.63, 3.8) is 0 Å². The molecule has 1 aliphatic heterocycles. The van der Waals surface area contributed by atoms with Gasteiger partial charge in [-0.2, -0.15) is 5.10 Å². The van der Waals surface area contributed by atoms with Gasteiger partial charge in [-0.25, -0.2) is 13.9 Å². The number of halogens is 2. The van der Waals surface area contributed by atoms with E-state index in [4.69, 9.17) is 22.1 Å². The summed E-state index contributed by atoms with van der Waals surface area (Å²) in [5, 5.41) is 9.47. The lowest BCUT2D eigenvalue weighted by atomic mass is 9.98. The molecule has 0 aliphatic carbocycles. The fourth-order valence-corrected chi connectivity index (χ4v) is 4.33. The normalized spacial score (nSPS) is 15.1. The number of methoxy groups -OCH3 is 1. The first-order chi connectivity index (χ1) is 17.7. The quantitative estimate of drug-likeness (QED) is 0.428. The SMILES string of the molecule is CNC(=O)c1nn(-c2ccccc2)c(NC(N)=O)c1C.COCCN1CCC(c2ccc(F)c(Cl)c2)C1. The van der Waals surface area contributed by atoms with Crippen molar-refractivity contribution in [1.82, 2.24) is 20.0 Å². The van der Waals surface area contributed by atoms with Crippen LogP contribution in [0.4, 0.5) is 15.0 Å². The van der Waals surface area contributed by atoms with Crippen LogP contribution in [-0.2, 0) is 4.74 Å². The molecule has 11 heteroatoms. The summed E-state index contributed by atoms with van der Waals surface area (Å²) < 4.78 is 19.6. The zero-order valence-corrected chi connectivity index (χ0v) is 21.9. The van der Waals surface area contributed by atoms with Gasteiger partial charge in [-0.3, -0.25) is 10.1 Å². The minimum atomic E-state index is -0.714. The molecule has 3 amide bonds. The van der Waals surface area contributed by atoms with Gasteiger partial charge in [0.25, 0.3) is 5.91 Å². The lowest BCUT2D eigenvalue weighted by molar-refractivity contribution is 0.0957. The number of nitrogens with zero attached hydrogens (tertiary/aromatic N) is 3. The Balaban J connectivity index is 0.000000208. The summed E-state index contributed by atoms with van der Waals surface area (Å²) in [6.07, 6.45) is 1.10. The molecule has 4 N–H and O–H groups in total. The third-order valence-corrected chi connectivity index (χ3v) is 6.40. The largest absolute Gasteiger partial charge is 0.383 e. The number of primary amides is 1. The summed E-state index contributed by atoms with van der Waals surface area (Å²) >= 11 is 5.80. The number of carbonyl (C=O) groups is 2. The van der Waals surface area contributed by atoms with E-state index < -0.39 is 6.03 Å². The van der Waals surface area contributed by atoms with E-state index in [-0.39, 0.29) is 22.4 Å². The topological polar surface area (TPSA) is 115 Å². The highest BCUT2D eigenvalue weighted by atomic mass is 35.5. The molecule has 1 unspecified atom stereocenters. The van der Waals surface area contributed by atoms with Crippen LogP contribution >= 0.6 is 11.6 Å². The summed E-state index contributed by atoms with van der Waals surface area (Å²) in [6.45, 7) is 5.50. The summed E-state index contributed by atoms with van der Waals surface area (Å²) in [5.41, 5.74) is 7.80. The zero-order chi connectivity index (χ0) is 26.9. The van der Waals surface area contributed by atoms with Crippen LogP contribution in [0.3, 0.4) is 0 Å². The third kappa shape index (κ3) is 7.28. The predicted molar refractivity (Wildman–Crippen MR) is 142 cm³/mol. The monoisotopic (exact) mass is 530 g/mol. The highest BCUT2D eigenvalue weighted by Gasteiger charge is 2.24. The fourth-order valence-electron chi connectivity index (χ4n) is 4.14. The highest BCUT2D eigenvalue weighted by molar-refractivity contribution is 6.30. The number of benzene rings is 2. The van der Waals surface area contributed by atoms with E-state index in [0.29, 0.717) is 17.3 Å². The second-order valence-electron chi connectivity index (χ2n) is 8.59. The van der Waals surface area contributed by atoms with Crippen molar-refractivity contribution in [2.24, 2.45) is 5.73 Å². The van der Waals surface area contributed by atoms with Gasteiger partial charge in [0.05, 0.1) is 17.3 Å². The molecular formula is C26H32ClFN6O3. The zero-order valence-electron chi connectivity index (χ0n) is 21.1. The van der Waals surface area contributed by atoms with Gasteiger partial charge in [-0.05, 0) is 55.6 Å². The van der Waals surface area contributed by atoms with Crippen molar-refractivity contribution in [2.75, 3.05) is 45.7 Å². The van der Waals surface area contributed by atoms with E-state index in [0.717, 1.165) is 43.9 Å². The molecule has 198 valence electrons. The first-order valence-electron chi connectivity index (χ1n) is 11.8. The van der Waals surface area contributed by atoms with Crippen molar-refractivity contribution in [3.8, 4) is 5.69 Å². The number of urea groups is 1. The van der Waals surface area contributed by atoms with Crippen LogP contribution in [-0.4, -0.2) is 67.0 Å². The molecule has 9 nitrogen and oxygen atoms in total. The van der Waals surface area contributed by atoms with Gasteiger partial charge >= 0.3 is 6.03 Å². The number of hydrogen-bond acceptors (Lipinski definition) is 5. The average molecular weight is 531 g/mol. The minimum Gasteiger partial charge on any atom is -0.383 e. The molecule has 0 bridgehead atoms. The Labute approximate surface area is 220 Å². The van der Waals surface area contributed by atoms with Crippen LogP contribution in [0.1, 0.15) is 34.0 Å². The van der Waals surface area contributed by atoms with Crippen LogP contribution in [0.2, 0.25) is 5.02 Å². The van der Waals surface area contributed by atoms with E-state index in [1.54, 1.807) is 20.1 Å². The molecule has 2 heterocycles. The molecule has 1 atom stereocenters. The van der Waals surface area contributed by atoms with Gasteiger partial charge in [0.2, 0.25) is 0 Å². The highest BCUT2D eigenvalue weighted by Crippen LogP contribution is 2.29. The molecule has 0 saturated carbocycles. The van der Waals surface area contributed by atoms with Crippen LogP contribution < -0.4 is 16.4 Å². The van der Waals surface area contributed by atoms with Crippen LogP contribution in [0.5, 0.6) is 0 Å². The molecule has 2 aromatic carbocycles. The number of amides is 3. The molecule has 1 aromatic heterocycles. The molecule has 1 aliphatic rings. The molecular weight excluding hydrogens is 499 g/mol. The first-order valence-corrected chi connectivity index (χ1v) is 12.2. The Morgan fingerprint density at radius 3 is 2.59 bits per heavy atom. The smallest absolute Gasteiger partial charge is 0.317 e. The number of rotatable bonds is 7. The number of nitrogens with two attached hydrogens (primary N) is 1. The van der Waals surface area contributed by atoms with Gasteiger partial charge < -0.3 is 20.7 Å². The summed E-state index contributed by atoms with van der Waals surface area (Å²) in [5.74, 6) is 0.168. The Morgan fingerprint density at radius 2 is 1.97 bits per heavy atom. The molecule has 1 fully saturated rings. The van der Waals surface area contributed by atoms with Gasteiger partial charge in [0.15, 0.2) is 5.69 Å². The average Bonchev–Trinajstić information content (AvgIpc) is 3.49. The van der Waals surface area contributed by atoms with Gasteiger partial charge in [0, 0.05) is 32.8 Å². The number of para-hydroxylation sites is 1. The Hall–Kier alpha value is -3.47. The van der Waals surface area contributed by atoms with E-state index in [1.165, 1.54) is 17.8 Å². The Bertz CT molecular complexity index is 1220. The second-order valence-corrected chi connectivity index (χ2v) is 9.00. The number of nitrogens with one attached hydrogen (secondary N) is 2. The van der Waals surface area contributed by atoms with Gasteiger partial charge in [-0.15, -0.1) is 0 Å². The van der Waals surface area contributed by atoms with E-state index in [1.807, 2.05) is 36.4 Å². The van der Waals surface area contributed by atoms with E-state index >= 15 is 0 Å². The maximum Gasteiger partial charge on any atom is 0.317 e. The van der Waals surface area contributed by atoms with E-state index in [2.05, 4.69) is 20.6 Å². The lowest BCUT2D eigenvalue weighted by Crippen LogP contribution is -2.24. The lowest BCUT2D eigenvalue weighted by Gasteiger charge is -2.15. The van der Waals surface area contributed by atoms with Crippen molar-refractivity contribution in [3.05, 3.63) is 76.2 Å². The number of likely N-dealkylation sites (tertiary alicyclic amines) is 1.